The number of rotatable bonds is 4. The Morgan fingerprint density at radius 3 is 2.80 bits per heavy atom. The fraction of sp³-hybridized carbons (Fsp3) is 0.0769. The van der Waals surface area contributed by atoms with Gasteiger partial charge in [0.25, 0.3) is 11.6 Å². The van der Waals surface area contributed by atoms with Crippen molar-refractivity contribution in [2.75, 3.05) is 0 Å². The van der Waals surface area contributed by atoms with Crippen molar-refractivity contribution in [3.8, 4) is 0 Å². The first-order valence-electron chi connectivity index (χ1n) is 5.71. The van der Waals surface area contributed by atoms with E-state index in [0.29, 0.717) is 16.2 Å². The number of nitro groups is 1. The van der Waals surface area contributed by atoms with E-state index in [0.717, 1.165) is 0 Å². The third-order valence-corrected chi connectivity index (χ3v) is 3.41. The minimum atomic E-state index is -0.471. The molecule has 2 aromatic rings. The Balaban J connectivity index is 2.12. The SMILES string of the molecule is CC(=NNC(=O)c1cccs1)c1cccc([N+](=O)[O-])c1. The number of carbonyl (C=O) groups excluding carboxylic acids is 1. The molecule has 2 rings (SSSR count). The minimum absolute atomic E-state index is 0.0124. The number of non-ortho nitro benzene ring substituents is 1. The molecule has 0 aliphatic rings. The van der Waals surface area contributed by atoms with Crippen molar-refractivity contribution in [3.63, 3.8) is 0 Å². The summed E-state index contributed by atoms with van der Waals surface area (Å²) in [5, 5.41) is 16.4. The molecule has 1 N–H and O–H groups in total. The van der Waals surface area contributed by atoms with Crippen molar-refractivity contribution in [1.82, 2.24) is 5.43 Å². The van der Waals surface area contributed by atoms with Gasteiger partial charge < -0.3 is 0 Å². The molecule has 0 aliphatic heterocycles. The summed E-state index contributed by atoms with van der Waals surface area (Å²) in [5.41, 5.74) is 3.50. The summed E-state index contributed by atoms with van der Waals surface area (Å²) >= 11 is 1.31. The summed E-state index contributed by atoms with van der Waals surface area (Å²) in [6, 6.07) is 9.56. The Kier molecular flexibility index (Phi) is 4.21. The largest absolute Gasteiger partial charge is 0.281 e. The third kappa shape index (κ3) is 3.27. The average molecular weight is 289 g/mol. The smallest absolute Gasteiger partial charge is 0.266 e. The first kappa shape index (κ1) is 13.9. The Bertz CT molecular complexity index is 665. The van der Waals surface area contributed by atoms with Gasteiger partial charge in [-0.3, -0.25) is 14.9 Å². The lowest BCUT2D eigenvalue weighted by Gasteiger charge is -2.02. The maximum atomic E-state index is 11.7. The Morgan fingerprint density at radius 2 is 2.15 bits per heavy atom. The molecule has 0 saturated heterocycles. The maximum absolute atomic E-state index is 11.7. The van der Waals surface area contributed by atoms with Crippen molar-refractivity contribution in [3.05, 3.63) is 62.3 Å². The van der Waals surface area contributed by atoms with Crippen molar-refractivity contribution in [1.29, 1.82) is 0 Å². The molecule has 1 amide bonds. The van der Waals surface area contributed by atoms with Gasteiger partial charge in [-0.15, -0.1) is 11.3 Å². The van der Waals surface area contributed by atoms with Crippen LogP contribution in [0, 0.1) is 10.1 Å². The van der Waals surface area contributed by atoms with Crippen molar-refractivity contribution < 1.29 is 9.72 Å². The summed E-state index contributed by atoms with van der Waals surface area (Å²) in [4.78, 5) is 22.5. The molecule has 0 aliphatic carbocycles. The zero-order chi connectivity index (χ0) is 14.5. The van der Waals surface area contributed by atoms with E-state index in [1.165, 1.54) is 23.5 Å². The van der Waals surface area contributed by atoms with Gasteiger partial charge in [0.1, 0.15) is 0 Å². The van der Waals surface area contributed by atoms with Crippen LogP contribution < -0.4 is 5.43 Å². The van der Waals surface area contributed by atoms with Gasteiger partial charge in [0.2, 0.25) is 0 Å². The van der Waals surface area contributed by atoms with Gasteiger partial charge in [-0.25, -0.2) is 5.43 Å². The molecule has 0 fully saturated rings. The zero-order valence-corrected chi connectivity index (χ0v) is 11.4. The van der Waals surface area contributed by atoms with Crippen molar-refractivity contribution in [2.45, 2.75) is 6.92 Å². The Hall–Kier alpha value is -2.54. The Morgan fingerprint density at radius 1 is 1.35 bits per heavy atom. The number of hydrogen-bond acceptors (Lipinski definition) is 5. The van der Waals surface area contributed by atoms with Crippen LogP contribution in [0.3, 0.4) is 0 Å². The van der Waals surface area contributed by atoms with Crippen LogP contribution in [0.5, 0.6) is 0 Å². The van der Waals surface area contributed by atoms with Gasteiger partial charge in [0.15, 0.2) is 0 Å². The number of amides is 1. The number of thiophene rings is 1. The first-order chi connectivity index (χ1) is 9.58. The van der Waals surface area contributed by atoms with Crippen molar-refractivity contribution >= 4 is 28.6 Å². The van der Waals surface area contributed by atoms with E-state index in [-0.39, 0.29) is 11.6 Å². The highest BCUT2D eigenvalue weighted by Gasteiger charge is 2.08. The van der Waals surface area contributed by atoms with E-state index in [9.17, 15) is 14.9 Å². The van der Waals surface area contributed by atoms with E-state index in [1.807, 2.05) is 0 Å². The molecule has 0 spiro atoms. The maximum Gasteiger partial charge on any atom is 0.281 e. The normalized spacial score (nSPS) is 11.2. The molecule has 1 heterocycles. The number of carbonyl (C=O) groups is 1. The number of nitrogens with one attached hydrogen (secondary N) is 1. The first-order valence-corrected chi connectivity index (χ1v) is 6.59. The highest BCUT2D eigenvalue weighted by molar-refractivity contribution is 7.12. The number of nitrogens with zero attached hydrogens (tertiary/aromatic N) is 2. The number of benzene rings is 1. The fourth-order valence-corrected chi connectivity index (χ4v) is 2.12. The predicted molar refractivity (Wildman–Crippen MR) is 77.1 cm³/mol. The van der Waals surface area contributed by atoms with Gasteiger partial charge in [-0.2, -0.15) is 5.10 Å². The minimum Gasteiger partial charge on any atom is -0.266 e. The van der Waals surface area contributed by atoms with Crippen LogP contribution in [0.4, 0.5) is 5.69 Å². The highest BCUT2D eigenvalue weighted by atomic mass is 32.1. The second-order valence-electron chi connectivity index (χ2n) is 3.92. The summed E-state index contributed by atoms with van der Waals surface area (Å²) in [5.74, 6) is -0.301. The highest BCUT2D eigenvalue weighted by Crippen LogP contribution is 2.14. The van der Waals surface area contributed by atoms with Crippen LogP contribution in [0.1, 0.15) is 22.2 Å². The molecule has 102 valence electrons. The molecule has 20 heavy (non-hydrogen) atoms. The molecule has 1 aromatic heterocycles. The molecule has 0 bridgehead atoms. The van der Waals surface area contributed by atoms with Crippen LogP contribution >= 0.6 is 11.3 Å². The summed E-state index contributed by atoms with van der Waals surface area (Å²) in [6.07, 6.45) is 0. The van der Waals surface area contributed by atoms with Gasteiger partial charge in [0.05, 0.1) is 15.5 Å². The number of hydrazone groups is 1. The second-order valence-corrected chi connectivity index (χ2v) is 4.87. The molecule has 0 atom stereocenters. The molecule has 1 aromatic carbocycles. The lowest BCUT2D eigenvalue weighted by atomic mass is 10.1. The van der Waals surface area contributed by atoms with Crippen molar-refractivity contribution in [2.24, 2.45) is 5.10 Å². The van der Waals surface area contributed by atoms with Gasteiger partial charge in [-0.1, -0.05) is 18.2 Å². The third-order valence-electron chi connectivity index (χ3n) is 2.54. The molecule has 0 unspecified atom stereocenters. The van der Waals surface area contributed by atoms with Crippen LogP contribution in [0.2, 0.25) is 0 Å². The van der Waals surface area contributed by atoms with Crippen LogP contribution in [0.15, 0.2) is 46.9 Å². The summed E-state index contributed by atoms with van der Waals surface area (Å²) in [6.45, 7) is 1.67. The molecule has 0 radical (unpaired) electrons. The molecular formula is C13H11N3O3S. The van der Waals surface area contributed by atoms with E-state index >= 15 is 0 Å². The summed E-state index contributed by atoms with van der Waals surface area (Å²) < 4.78 is 0. The van der Waals surface area contributed by atoms with Gasteiger partial charge in [0, 0.05) is 17.7 Å². The number of nitro benzene ring substituents is 1. The van der Waals surface area contributed by atoms with E-state index in [1.54, 1.807) is 36.6 Å². The predicted octanol–water partition coefficient (Wildman–Crippen LogP) is 2.81. The molecule has 7 heteroatoms. The standard InChI is InChI=1S/C13H11N3O3S/c1-9(10-4-2-5-11(8-10)16(18)19)14-15-13(17)12-6-3-7-20-12/h2-8H,1H3,(H,15,17). The zero-order valence-electron chi connectivity index (χ0n) is 10.6. The topological polar surface area (TPSA) is 84.6 Å². The molecular weight excluding hydrogens is 278 g/mol. The molecule has 0 saturated carbocycles. The average Bonchev–Trinajstić information content (AvgIpc) is 2.98. The Labute approximate surface area is 118 Å². The quantitative estimate of drug-likeness (QED) is 0.533. The van der Waals surface area contributed by atoms with E-state index in [2.05, 4.69) is 10.5 Å². The van der Waals surface area contributed by atoms with E-state index < -0.39 is 4.92 Å². The number of hydrogen-bond donors (Lipinski definition) is 1. The second kappa shape index (κ2) is 6.07. The van der Waals surface area contributed by atoms with E-state index in [4.69, 9.17) is 0 Å². The molecule has 6 nitrogen and oxygen atoms in total. The fourth-order valence-electron chi connectivity index (χ4n) is 1.51. The van der Waals surface area contributed by atoms with Gasteiger partial charge >= 0.3 is 0 Å². The monoisotopic (exact) mass is 289 g/mol. The van der Waals surface area contributed by atoms with Crippen LogP contribution in [0.25, 0.3) is 0 Å². The van der Waals surface area contributed by atoms with Crippen LogP contribution in [-0.2, 0) is 0 Å². The lowest BCUT2D eigenvalue weighted by Crippen LogP contribution is -2.18. The van der Waals surface area contributed by atoms with Gasteiger partial charge in [-0.05, 0) is 18.4 Å². The van der Waals surface area contributed by atoms with Crippen LogP contribution in [-0.4, -0.2) is 16.5 Å². The lowest BCUT2D eigenvalue weighted by molar-refractivity contribution is -0.384. The summed E-state index contributed by atoms with van der Waals surface area (Å²) in [7, 11) is 0.